The van der Waals surface area contributed by atoms with Crippen molar-refractivity contribution in [2.24, 2.45) is 5.73 Å². The van der Waals surface area contributed by atoms with Gasteiger partial charge in [0.2, 0.25) is 0 Å². The Kier molecular flexibility index (Phi) is 22.3. The van der Waals surface area contributed by atoms with E-state index in [1.807, 2.05) is 0 Å². The summed E-state index contributed by atoms with van der Waals surface area (Å²) < 4.78 is 0. The first-order valence-electron chi connectivity index (χ1n) is 1.40. The minimum atomic E-state index is -0.421. The van der Waals surface area contributed by atoms with Gasteiger partial charge in [0.1, 0.15) is 0 Å². The Balaban J connectivity index is -0.0000000800. The molecule has 38 valence electrons. The molecule has 7 heavy (non-hydrogen) atoms. The number of hydrogen-bond acceptors (Lipinski definition) is 2. The molecule has 0 fully saturated rings. The maximum absolute atomic E-state index is 9.25. The maximum atomic E-state index is 9.25. The van der Waals surface area contributed by atoms with Crippen molar-refractivity contribution in [2.45, 2.75) is 13.0 Å². The minimum absolute atomic E-state index is 0. The summed E-state index contributed by atoms with van der Waals surface area (Å²) in [5, 5.41) is 0. The molecule has 4 heteroatoms. The Hall–Kier alpha value is 0.876. The molecule has 0 aliphatic carbocycles. The monoisotopic (exact) mass is 175 g/mol. The predicted molar refractivity (Wildman–Crippen MR) is 25.1 cm³/mol. The van der Waals surface area contributed by atoms with Crippen LogP contribution in [0.3, 0.4) is 0 Å². The van der Waals surface area contributed by atoms with Gasteiger partial charge in [-0.3, -0.25) is 0 Å². The van der Waals surface area contributed by atoms with E-state index in [9.17, 15) is 4.79 Å². The average Bonchev–Trinajstić information content (AvgIpc) is 1.38. The van der Waals surface area contributed by atoms with E-state index in [1.54, 1.807) is 13.2 Å². The van der Waals surface area contributed by atoms with Gasteiger partial charge in [-0.05, 0) is 0 Å². The normalized spacial score (nSPS) is 10.0. The van der Waals surface area contributed by atoms with Gasteiger partial charge in [-0.15, -0.1) is 0 Å². The number of hydrogen-bond donors (Lipinski definition) is 1. The standard InChI is InChI=1S/C3H6NO.BrH.Mg/c1-3(4)2-5;;/h3H,4H2,1H3;1H;/q-1;;+2/p-1/t3-;;/m0../s1. The molecule has 0 spiro atoms. The van der Waals surface area contributed by atoms with E-state index in [4.69, 9.17) is 5.73 Å². The zero-order valence-electron chi connectivity index (χ0n) is 4.15. The first-order chi connectivity index (χ1) is 2.27. The van der Waals surface area contributed by atoms with Crippen molar-refractivity contribution < 1.29 is 21.8 Å². The summed E-state index contributed by atoms with van der Waals surface area (Å²) in [6.07, 6.45) is 1.56. The van der Waals surface area contributed by atoms with Crippen molar-refractivity contribution in [3.05, 3.63) is 0 Å². The van der Waals surface area contributed by atoms with Crippen LogP contribution >= 0.6 is 0 Å². The van der Waals surface area contributed by atoms with E-state index in [1.165, 1.54) is 0 Å². The van der Waals surface area contributed by atoms with E-state index in [0.29, 0.717) is 0 Å². The van der Waals surface area contributed by atoms with E-state index in [2.05, 4.69) is 0 Å². The van der Waals surface area contributed by atoms with Crippen molar-refractivity contribution in [2.75, 3.05) is 0 Å². The van der Waals surface area contributed by atoms with Gasteiger partial charge in [0, 0.05) is 0 Å². The molecule has 0 saturated heterocycles. The SMILES string of the molecule is C[C@H](N)[C-]=O.[Br-].[Mg+2]. The van der Waals surface area contributed by atoms with Gasteiger partial charge in [-0.1, -0.05) is 13.0 Å². The third-order valence-electron chi connectivity index (χ3n) is 0.186. The Bertz CT molecular complexity index is 41.9. The second-order valence-corrected chi connectivity index (χ2v) is 0.907. The molecule has 0 saturated carbocycles. The molecule has 2 nitrogen and oxygen atoms in total. The molecule has 0 aromatic rings. The van der Waals surface area contributed by atoms with Crippen LogP contribution in [0.1, 0.15) is 6.92 Å². The third-order valence-corrected chi connectivity index (χ3v) is 0.186. The van der Waals surface area contributed by atoms with Crippen molar-refractivity contribution in [1.82, 2.24) is 0 Å². The summed E-state index contributed by atoms with van der Waals surface area (Å²) in [6, 6.07) is -0.421. The van der Waals surface area contributed by atoms with Gasteiger partial charge in [0.15, 0.2) is 0 Å². The number of nitrogens with two attached hydrogens (primary N) is 1. The van der Waals surface area contributed by atoms with Crippen LogP contribution in [0.15, 0.2) is 0 Å². The molecule has 0 aromatic heterocycles. The fraction of sp³-hybridized carbons (Fsp3) is 0.667. The summed E-state index contributed by atoms with van der Waals surface area (Å²) in [5.74, 6) is 0. The predicted octanol–water partition coefficient (Wildman–Crippen LogP) is -3.93. The summed E-state index contributed by atoms with van der Waals surface area (Å²) in [4.78, 5) is 9.25. The Morgan fingerprint density at radius 1 is 1.71 bits per heavy atom. The first-order valence-corrected chi connectivity index (χ1v) is 1.40. The van der Waals surface area contributed by atoms with E-state index < -0.39 is 6.04 Å². The molecule has 0 aliphatic rings. The maximum Gasteiger partial charge on any atom is 2.00 e. The second kappa shape index (κ2) is 9.99. The zero-order chi connectivity index (χ0) is 4.28. The van der Waals surface area contributed by atoms with Crippen LogP contribution in [0.4, 0.5) is 0 Å². The second-order valence-electron chi connectivity index (χ2n) is 0.907. The van der Waals surface area contributed by atoms with Crippen molar-refractivity contribution in [3.63, 3.8) is 0 Å². The Morgan fingerprint density at radius 2 is 1.86 bits per heavy atom. The molecule has 0 rings (SSSR count). The third kappa shape index (κ3) is 19.8. The van der Waals surface area contributed by atoms with E-state index >= 15 is 0 Å². The van der Waals surface area contributed by atoms with Crippen LogP contribution in [-0.4, -0.2) is 35.4 Å². The van der Waals surface area contributed by atoms with Crippen LogP contribution in [0, 0.1) is 0 Å². The molecular weight excluding hydrogens is 170 g/mol. The van der Waals surface area contributed by atoms with E-state index in [-0.39, 0.29) is 40.0 Å². The molecule has 0 heterocycles. The summed E-state index contributed by atoms with van der Waals surface area (Å²) >= 11 is 0. The zero-order valence-corrected chi connectivity index (χ0v) is 7.15. The number of carbonyl (C=O) groups excluding carboxylic acids is 1. The first kappa shape index (κ1) is 15.7. The van der Waals surface area contributed by atoms with Gasteiger partial charge in [0.25, 0.3) is 0 Å². The molecule has 0 amide bonds. The quantitative estimate of drug-likeness (QED) is 0.327. The van der Waals surface area contributed by atoms with Crippen LogP contribution < -0.4 is 22.7 Å². The fourth-order valence-electron chi connectivity index (χ4n) is 0. The van der Waals surface area contributed by atoms with Crippen molar-refractivity contribution in [3.8, 4) is 0 Å². The largest absolute Gasteiger partial charge is 2.00 e. The minimum Gasteiger partial charge on any atom is -1.00 e. The van der Waals surface area contributed by atoms with Gasteiger partial charge in [-0.2, -0.15) is 0 Å². The number of halogens is 1. The number of rotatable bonds is 1. The molecule has 0 radical (unpaired) electrons. The average molecular weight is 176 g/mol. The van der Waals surface area contributed by atoms with Gasteiger partial charge in [-0.25, -0.2) is 6.29 Å². The van der Waals surface area contributed by atoms with Crippen molar-refractivity contribution in [1.29, 1.82) is 0 Å². The summed E-state index contributed by atoms with van der Waals surface area (Å²) in [7, 11) is 0. The Labute approximate surface area is 69.8 Å². The molecule has 0 unspecified atom stereocenters. The van der Waals surface area contributed by atoms with Crippen LogP contribution in [0.2, 0.25) is 0 Å². The van der Waals surface area contributed by atoms with Crippen LogP contribution in [0.5, 0.6) is 0 Å². The van der Waals surface area contributed by atoms with E-state index in [0.717, 1.165) is 0 Å². The molecule has 0 bridgehead atoms. The topological polar surface area (TPSA) is 43.1 Å². The van der Waals surface area contributed by atoms with Crippen LogP contribution in [-0.2, 0) is 4.79 Å². The summed E-state index contributed by atoms with van der Waals surface area (Å²) in [5.41, 5.74) is 4.87. The molecule has 2 N–H and O–H groups in total. The van der Waals surface area contributed by atoms with Gasteiger partial charge < -0.3 is 27.5 Å². The fourth-order valence-corrected chi connectivity index (χ4v) is 0. The smallest absolute Gasteiger partial charge is 1.00 e. The van der Waals surface area contributed by atoms with Crippen LogP contribution in [0.25, 0.3) is 0 Å². The molecular formula is C3H6BrMgNO. The molecule has 0 aliphatic heterocycles. The van der Waals surface area contributed by atoms with Gasteiger partial charge >= 0.3 is 23.1 Å². The van der Waals surface area contributed by atoms with Gasteiger partial charge in [0.05, 0.1) is 0 Å². The molecule has 1 atom stereocenters. The Morgan fingerprint density at radius 3 is 1.86 bits per heavy atom. The van der Waals surface area contributed by atoms with Crippen molar-refractivity contribution >= 4 is 29.3 Å². The molecule has 0 aromatic carbocycles. The summed E-state index contributed by atoms with van der Waals surface area (Å²) in [6.45, 7) is 1.58.